The minimum Gasteiger partial charge on any atom is -0.265 e. The van der Waals surface area contributed by atoms with Crippen LogP contribution in [0.3, 0.4) is 0 Å². The first-order chi connectivity index (χ1) is 24.3. The molecule has 10 aromatic rings. The zero-order chi connectivity index (χ0) is 32.3. The molecule has 0 saturated carbocycles. The number of hydrogen-bond donors (Lipinski definition) is 0. The van der Waals surface area contributed by atoms with E-state index < -0.39 is 0 Å². The lowest BCUT2D eigenvalue weighted by molar-refractivity contribution is 0.766. The monoisotopic (exact) mass is 625 g/mol. The van der Waals surface area contributed by atoms with Gasteiger partial charge in [0.15, 0.2) is 0 Å². The van der Waals surface area contributed by atoms with Crippen molar-refractivity contribution in [2.24, 2.45) is 0 Å². The Morgan fingerprint density at radius 3 is 1.73 bits per heavy atom. The SMILES string of the molecule is c1cc(-c2ccncc2)cc(-n2nc3cc(-c4c5ccccc5c(-c5cncc6ccccc56)c5ccccc45)c4ccccc4c3n2)c1. The summed E-state index contributed by atoms with van der Waals surface area (Å²) in [4.78, 5) is 10.6. The Morgan fingerprint density at radius 1 is 0.408 bits per heavy atom. The van der Waals surface area contributed by atoms with Crippen LogP contribution in [-0.4, -0.2) is 25.0 Å². The van der Waals surface area contributed by atoms with Crippen molar-refractivity contribution < 1.29 is 0 Å². The van der Waals surface area contributed by atoms with Gasteiger partial charge in [0.25, 0.3) is 0 Å². The van der Waals surface area contributed by atoms with Gasteiger partial charge in [-0.2, -0.15) is 4.80 Å². The molecule has 5 heteroatoms. The predicted molar refractivity (Wildman–Crippen MR) is 201 cm³/mol. The van der Waals surface area contributed by atoms with Crippen LogP contribution >= 0.6 is 0 Å². The van der Waals surface area contributed by atoms with Gasteiger partial charge in [0.05, 0.1) is 5.69 Å². The van der Waals surface area contributed by atoms with Crippen molar-refractivity contribution in [3.8, 4) is 39.1 Å². The predicted octanol–water partition coefficient (Wildman–Crippen LogP) is 10.8. The molecule has 7 aromatic carbocycles. The van der Waals surface area contributed by atoms with Crippen LogP contribution in [0.15, 0.2) is 164 Å². The number of benzene rings is 7. The van der Waals surface area contributed by atoms with Crippen molar-refractivity contribution in [2.75, 3.05) is 0 Å². The smallest absolute Gasteiger partial charge is 0.121 e. The Kier molecular flexibility index (Phi) is 6.11. The molecular weight excluding hydrogens is 599 g/mol. The standard InChI is InChI=1S/C44H27N5/c1-2-13-32-30(10-1)26-46-27-40(32)43-36-17-6-4-15-34(36)42(35-16-5-7-18-37(35)43)39-25-41-44(38-19-8-3-14-33(38)39)48-49(47-41)31-12-9-11-29(24-31)28-20-22-45-23-21-28/h1-27H. The molecular formula is C44H27N5. The third-order valence-corrected chi connectivity index (χ3v) is 9.62. The molecule has 0 N–H and O–H groups in total. The van der Waals surface area contributed by atoms with E-state index in [1.54, 1.807) is 4.80 Å². The molecule has 5 nitrogen and oxygen atoms in total. The van der Waals surface area contributed by atoms with Crippen LogP contribution in [-0.2, 0) is 0 Å². The van der Waals surface area contributed by atoms with Gasteiger partial charge in [0, 0.05) is 41.1 Å². The largest absolute Gasteiger partial charge is 0.265 e. The quantitative estimate of drug-likeness (QED) is 0.183. The molecule has 0 unspecified atom stereocenters. The van der Waals surface area contributed by atoms with Gasteiger partial charge in [-0.25, -0.2) is 0 Å². The Morgan fingerprint density at radius 2 is 1.02 bits per heavy atom. The van der Waals surface area contributed by atoms with Crippen molar-refractivity contribution in [1.29, 1.82) is 0 Å². The van der Waals surface area contributed by atoms with Crippen molar-refractivity contribution in [3.05, 3.63) is 164 Å². The summed E-state index contributed by atoms with van der Waals surface area (Å²) in [6.45, 7) is 0. The average molecular weight is 626 g/mol. The second-order valence-corrected chi connectivity index (χ2v) is 12.4. The number of hydrogen-bond acceptors (Lipinski definition) is 4. The van der Waals surface area contributed by atoms with E-state index in [-0.39, 0.29) is 0 Å². The number of pyridine rings is 2. The summed E-state index contributed by atoms with van der Waals surface area (Å²) in [5.74, 6) is 0. The normalized spacial score (nSPS) is 11.7. The molecule has 0 aliphatic rings. The fourth-order valence-electron chi connectivity index (χ4n) is 7.45. The molecule has 49 heavy (non-hydrogen) atoms. The first kappa shape index (κ1) is 27.4. The van der Waals surface area contributed by atoms with Crippen molar-refractivity contribution in [1.82, 2.24) is 25.0 Å². The van der Waals surface area contributed by atoms with Crippen LogP contribution in [0.5, 0.6) is 0 Å². The Bertz CT molecular complexity index is 2830. The maximum atomic E-state index is 5.10. The van der Waals surface area contributed by atoms with E-state index in [1.165, 1.54) is 38.1 Å². The third kappa shape index (κ3) is 4.33. The molecule has 3 heterocycles. The zero-order valence-electron chi connectivity index (χ0n) is 26.3. The lowest BCUT2D eigenvalue weighted by Crippen LogP contribution is -1.98. The van der Waals surface area contributed by atoms with Crippen molar-refractivity contribution >= 4 is 54.1 Å². The summed E-state index contributed by atoms with van der Waals surface area (Å²) in [5, 5.41) is 19.5. The molecule has 3 aromatic heterocycles. The third-order valence-electron chi connectivity index (χ3n) is 9.62. The zero-order valence-corrected chi connectivity index (χ0v) is 26.3. The summed E-state index contributed by atoms with van der Waals surface area (Å²) in [6, 6.07) is 49.2. The first-order valence-corrected chi connectivity index (χ1v) is 16.4. The van der Waals surface area contributed by atoms with Gasteiger partial charge in [-0.1, -0.05) is 109 Å². The maximum absolute atomic E-state index is 5.10. The van der Waals surface area contributed by atoms with E-state index in [9.17, 15) is 0 Å². The summed E-state index contributed by atoms with van der Waals surface area (Å²) in [7, 11) is 0. The van der Waals surface area contributed by atoms with Crippen molar-refractivity contribution in [3.63, 3.8) is 0 Å². The van der Waals surface area contributed by atoms with E-state index in [2.05, 4.69) is 131 Å². The van der Waals surface area contributed by atoms with E-state index in [4.69, 9.17) is 10.2 Å². The van der Waals surface area contributed by atoms with Crippen LogP contribution in [0.25, 0.3) is 93.2 Å². The lowest BCUT2D eigenvalue weighted by Gasteiger charge is -2.19. The number of aromatic nitrogens is 5. The molecule has 0 bridgehead atoms. The van der Waals surface area contributed by atoms with Crippen LogP contribution in [0.1, 0.15) is 0 Å². The summed E-state index contributed by atoms with van der Waals surface area (Å²) >= 11 is 0. The maximum Gasteiger partial charge on any atom is 0.121 e. The van der Waals surface area contributed by atoms with Crippen LogP contribution in [0.2, 0.25) is 0 Å². The Balaban J connectivity index is 1.26. The number of fused-ring (bicyclic) bond motifs is 6. The second-order valence-electron chi connectivity index (χ2n) is 12.4. The molecule has 0 aliphatic heterocycles. The van der Waals surface area contributed by atoms with Gasteiger partial charge in [-0.3, -0.25) is 9.97 Å². The molecule has 10 rings (SSSR count). The Labute approximate surface area is 281 Å². The van der Waals surface area contributed by atoms with E-state index >= 15 is 0 Å². The Hall–Kier alpha value is -6.72. The fourth-order valence-corrected chi connectivity index (χ4v) is 7.45. The molecule has 0 spiro atoms. The molecule has 0 atom stereocenters. The number of nitrogens with zero attached hydrogens (tertiary/aromatic N) is 5. The highest BCUT2D eigenvalue weighted by Crippen LogP contribution is 2.47. The highest BCUT2D eigenvalue weighted by atomic mass is 15.5. The van der Waals surface area contributed by atoms with Crippen LogP contribution in [0.4, 0.5) is 0 Å². The summed E-state index contributed by atoms with van der Waals surface area (Å²) in [6.07, 6.45) is 7.59. The van der Waals surface area contributed by atoms with Crippen molar-refractivity contribution in [2.45, 2.75) is 0 Å². The fraction of sp³-hybridized carbons (Fsp3) is 0. The molecule has 0 saturated heterocycles. The van der Waals surface area contributed by atoms with Gasteiger partial charge >= 0.3 is 0 Å². The molecule has 0 aliphatic carbocycles. The van der Waals surface area contributed by atoms with E-state index in [0.717, 1.165) is 55.1 Å². The average Bonchev–Trinajstić information content (AvgIpc) is 3.62. The second kappa shape index (κ2) is 10.9. The highest BCUT2D eigenvalue weighted by Gasteiger charge is 2.21. The summed E-state index contributed by atoms with van der Waals surface area (Å²) < 4.78 is 0. The van der Waals surface area contributed by atoms with E-state index in [0.29, 0.717) is 0 Å². The van der Waals surface area contributed by atoms with Gasteiger partial charge in [-0.15, -0.1) is 10.2 Å². The highest BCUT2D eigenvalue weighted by molar-refractivity contribution is 6.26. The van der Waals surface area contributed by atoms with Crippen LogP contribution in [0, 0.1) is 0 Å². The topological polar surface area (TPSA) is 56.5 Å². The molecule has 0 amide bonds. The summed E-state index contributed by atoms with van der Waals surface area (Å²) in [5.41, 5.74) is 9.47. The van der Waals surface area contributed by atoms with Gasteiger partial charge < -0.3 is 0 Å². The van der Waals surface area contributed by atoms with Gasteiger partial charge in [0.1, 0.15) is 11.0 Å². The van der Waals surface area contributed by atoms with Crippen LogP contribution < -0.4 is 0 Å². The minimum absolute atomic E-state index is 0.846. The lowest BCUT2D eigenvalue weighted by atomic mass is 9.84. The molecule has 228 valence electrons. The molecule has 0 fully saturated rings. The first-order valence-electron chi connectivity index (χ1n) is 16.4. The van der Waals surface area contributed by atoms with Gasteiger partial charge in [0.2, 0.25) is 0 Å². The molecule has 0 radical (unpaired) electrons. The van der Waals surface area contributed by atoms with Gasteiger partial charge in [-0.05, 0) is 90.5 Å². The van der Waals surface area contributed by atoms with E-state index in [1.807, 2.05) is 43.0 Å². The number of rotatable bonds is 4. The minimum atomic E-state index is 0.846.